The van der Waals surface area contributed by atoms with Crippen LogP contribution in [0, 0.1) is 0 Å². The molecule has 79 valence electrons. The number of rotatable bonds is 6. The van der Waals surface area contributed by atoms with E-state index in [1.807, 2.05) is 0 Å². The Hall–Kier alpha value is -0.530. The van der Waals surface area contributed by atoms with Gasteiger partial charge in [0.15, 0.2) is 0 Å². The van der Waals surface area contributed by atoms with Gasteiger partial charge < -0.3 is 11.1 Å². The summed E-state index contributed by atoms with van der Waals surface area (Å²) in [5, 5.41) is 2.03. The number of amides is 1. The summed E-state index contributed by atoms with van der Waals surface area (Å²) in [5.41, 5.74) is 5.33. The molecule has 5 nitrogen and oxygen atoms in total. The van der Waals surface area contributed by atoms with E-state index < -0.39 is 11.9 Å². The lowest BCUT2D eigenvalue weighted by Gasteiger charge is -2.07. The van der Waals surface area contributed by atoms with Gasteiger partial charge >= 0.3 is 0 Å². The minimum atomic E-state index is -0.714. The van der Waals surface area contributed by atoms with Crippen LogP contribution < -0.4 is 11.1 Å². The van der Waals surface area contributed by atoms with E-state index in [4.69, 9.17) is 5.73 Å². The Kier molecular flexibility index (Phi) is 7.54. The van der Waals surface area contributed by atoms with E-state index in [0.29, 0.717) is 0 Å². The molecule has 0 rings (SSSR count). The van der Waals surface area contributed by atoms with Crippen LogP contribution in [0.15, 0.2) is 0 Å². The third-order valence-corrected chi connectivity index (χ3v) is 2.35. The lowest BCUT2D eigenvalue weighted by atomic mass is 10.3. The molecule has 0 aliphatic heterocycles. The lowest BCUT2D eigenvalue weighted by Crippen LogP contribution is -2.43. The van der Waals surface area contributed by atoms with Crippen LogP contribution in [0.4, 0.5) is 0 Å². The van der Waals surface area contributed by atoms with Crippen molar-refractivity contribution in [2.45, 2.75) is 6.04 Å². The van der Waals surface area contributed by atoms with Gasteiger partial charge in [-0.25, -0.2) is 0 Å². The van der Waals surface area contributed by atoms with Gasteiger partial charge in [-0.05, 0) is 0 Å². The summed E-state index contributed by atoms with van der Waals surface area (Å²) < 4.78 is 0. The molecule has 0 aliphatic carbocycles. The summed E-state index contributed by atoms with van der Waals surface area (Å²) >= 11 is 4.63. The molecule has 3 N–H and O–H groups in total. The minimum Gasteiger partial charge on any atom is -0.347 e. The zero-order valence-electron chi connectivity index (χ0n) is 7.36. The molecule has 0 aromatic heterocycles. The van der Waals surface area contributed by atoms with Crippen LogP contribution in [0.25, 0.3) is 0 Å². The molecule has 1 atom stereocenters. The number of carbonyl (C=O) groups excluding carboxylic acids is 3. The molecule has 1 amide bonds. The first kappa shape index (κ1) is 13.5. The van der Waals surface area contributed by atoms with Gasteiger partial charge in [0.2, 0.25) is 17.3 Å². The van der Waals surface area contributed by atoms with E-state index >= 15 is 0 Å². The van der Waals surface area contributed by atoms with Crippen molar-refractivity contribution >= 4 is 41.7 Å². The smallest absolute Gasteiger partial charge is 0.238 e. The van der Waals surface area contributed by atoms with Crippen molar-refractivity contribution in [2.24, 2.45) is 5.73 Å². The van der Waals surface area contributed by atoms with Gasteiger partial charge in [-0.3, -0.25) is 14.4 Å². The Balaban J connectivity index is 3.66. The monoisotopic (exact) mass is 235 g/mol. The SMILES string of the molecule is N[C@@H](CS)C(=O)NCC(=O)SC[C]=O. The van der Waals surface area contributed by atoms with E-state index in [-0.39, 0.29) is 23.2 Å². The zero-order chi connectivity index (χ0) is 11.0. The minimum absolute atomic E-state index is 0.0205. The van der Waals surface area contributed by atoms with E-state index in [1.165, 1.54) is 0 Å². The van der Waals surface area contributed by atoms with Gasteiger partial charge in [0.05, 0.1) is 18.3 Å². The summed E-state index contributed by atoms with van der Waals surface area (Å²) in [6.07, 6.45) is 1.56. The third kappa shape index (κ3) is 6.01. The van der Waals surface area contributed by atoms with Crippen molar-refractivity contribution in [3.8, 4) is 0 Å². The molecule has 0 heterocycles. The lowest BCUT2D eigenvalue weighted by molar-refractivity contribution is -0.123. The highest BCUT2D eigenvalue weighted by molar-refractivity contribution is 8.14. The predicted molar refractivity (Wildman–Crippen MR) is 58.0 cm³/mol. The van der Waals surface area contributed by atoms with Gasteiger partial charge in [0, 0.05) is 5.75 Å². The van der Waals surface area contributed by atoms with Crippen molar-refractivity contribution < 1.29 is 14.4 Å². The largest absolute Gasteiger partial charge is 0.347 e. The molecule has 14 heavy (non-hydrogen) atoms. The average molecular weight is 235 g/mol. The summed E-state index contributed by atoms with van der Waals surface area (Å²) in [4.78, 5) is 31.7. The maximum atomic E-state index is 11.0. The second-order valence-electron chi connectivity index (χ2n) is 2.31. The molecule has 0 unspecified atom stereocenters. The van der Waals surface area contributed by atoms with Gasteiger partial charge in [-0.2, -0.15) is 12.6 Å². The van der Waals surface area contributed by atoms with Gasteiger partial charge in [-0.1, -0.05) is 11.8 Å². The van der Waals surface area contributed by atoms with Crippen molar-refractivity contribution in [2.75, 3.05) is 18.1 Å². The van der Waals surface area contributed by atoms with Crippen LogP contribution >= 0.6 is 24.4 Å². The van der Waals surface area contributed by atoms with Crippen LogP contribution in [0.1, 0.15) is 0 Å². The number of hydrogen-bond donors (Lipinski definition) is 3. The molecule has 0 saturated heterocycles. The van der Waals surface area contributed by atoms with Crippen LogP contribution in [0.2, 0.25) is 0 Å². The van der Waals surface area contributed by atoms with Crippen LogP contribution in [-0.4, -0.2) is 41.4 Å². The maximum absolute atomic E-state index is 11.0. The van der Waals surface area contributed by atoms with Gasteiger partial charge in [-0.15, -0.1) is 0 Å². The van der Waals surface area contributed by atoms with Gasteiger partial charge in [0.25, 0.3) is 0 Å². The highest BCUT2D eigenvalue weighted by Crippen LogP contribution is 1.97. The number of thiol groups is 1. The first-order valence-electron chi connectivity index (χ1n) is 3.76. The zero-order valence-corrected chi connectivity index (χ0v) is 9.07. The fourth-order valence-electron chi connectivity index (χ4n) is 0.534. The Bertz CT molecular complexity index is 223. The van der Waals surface area contributed by atoms with Crippen molar-refractivity contribution in [3.63, 3.8) is 0 Å². The third-order valence-electron chi connectivity index (χ3n) is 1.23. The van der Waals surface area contributed by atoms with E-state index in [0.717, 1.165) is 11.8 Å². The van der Waals surface area contributed by atoms with Crippen LogP contribution in [0.3, 0.4) is 0 Å². The fourth-order valence-corrected chi connectivity index (χ4v) is 1.09. The van der Waals surface area contributed by atoms with Crippen molar-refractivity contribution in [3.05, 3.63) is 0 Å². The second-order valence-corrected chi connectivity index (χ2v) is 3.71. The molecule has 1 radical (unpaired) electrons. The normalized spacial score (nSPS) is 11.9. The molecule has 0 aromatic rings. The number of nitrogens with two attached hydrogens (primary N) is 1. The maximum Gasteiger partial charge on any atom is 0.238 e. The molecular weight excluding hydrogens is 224 g/mol. The van der Waals surface area contributed by atoms with Crippen LogP contribution in [0.5, 0.6) is 0 Å². The quantitative estimate of drug-likeness (QED) is 0.499. The first-order valence-corrected chi connectivity index (χ1v) is 5.38. The van der Waals surface area contributed by atoms with E-state index in [9.17, 15) is 14.4 Å². The van der Waals surface area contributed by atoms with Crippen LogP contribution in [-0.2, 0) is 14.4 Å². The predicted octanol–water partition coefficient (Wildman–Crippen LogP) is -1.27. The number of thioether (sulfide) groups is 1. The Morgan fingerprint density at radius 1 is 1.57 bits per heavy atom. The number of hydrogen-bond acceptors (Lipinski definition) is 6. The first-order chi connectivity index (χ1) is 6.61. The summed E-state index contributed by atoms with van der Waals surface area (Å²) in [5.74, 6) is -0.230. The van der Waals surface area contributed by atoms with Gasteiger partial charge in [0.1, 0.15) is 0 Å². The highest BCUT2D eigenvalue weighted by atomic mass is 32.2. The Morgan fingerprint density at radius 3 is 2.71 bits per heavy atom. The average Bonchev–Trinajstić information content (AvgIpc) is 2.21. The standard InChI is InChI=1S/C7H11N2O3S2/c8-5(4-13)7(12)9-3-6(11)14-2-1-10/h5,13H,2-4,8H2,(H,9,12)/t5-/m0/s1. The van der Waals surface area contributed by atoms with Crippen molar-refractivity contribution in [1.82, 2.24) is 5.32 Å². The summed E-state index contributed by atoms with van der Waals surface area (Å²) in [6.45, 7) is -0.132. The topological polar surface area (TPSA) is 89.3 Å². The molecular formula is C7H11N2O3S2. The molecule has 7 heteroatoms. The molecule has 0 aromatic carbocycles. The summed E-state index contributed by atoms with van der Waals surface area (Å²) in [6, 6.07) is -0.714. The fraction of sp³-hybridized carbons (Fsp3) is 0.571. The Morgan fingerprint density at radius 2 is 2.21 bits per heavy atom. The highest BCUT2D eigenvalue weighted by Gasteiger charge is 2.12. The van der Waals surface area contributed by atoms with E-state index in [2.05, 4.69) is 17.9 Å². The molecule has 0 fully saturated rings. The summed E-state index contributed by atoms with van der Waals surface area (Å²) in [7, 11) is 0. The molecule has 0 bridgehead atoms. The number of carbonyl (C=O) groups is 2. The van der Waals surface area contributed by atoms with E-state index in [1.54, 1.807) is 6.29 Å². The Labute approximate surface area is 91.6 Å². The van der Waals surface area contributed by atoms with Crippen molar-refractivity contribution in [1.29, 1.82) is 0 Å². The molecule has 0 saturated carbocycles. The number of nitrogens with one attached hydrogen (secondary N) is 1. The molecule has 0 spiro atoms. The molecule has 0 aliphatic rings. The second kappa shape index (κ2) is 7.84.